The van der Waals surface area contributed by atoms with Gasteiger partial charge < -0.3 is 5.73 Å². The first-order valence-electron chi connectivity index (χ1n) is 6.80. The van der Waals surface area contributed by atoms with Gasteiger partial charge in [0.1, 0.15) is 0 Å². The second kappa shape index (κ2) is 4.74. The fourth-order valence-corrected chi connectivity index (χ4v) is 3.16. The van der Waals surface area contributed by atoms with E-state index < -0.39 is 0 Å². The first kappa shape index (κ1) is 13.4. The number of hydrogen-bond acceptors (Lipinski definition) is 4. The maximum absolute atomic E-state index is 6.29. The molecule has 1 saturated carbocycles. The standard InChI is InChI=1S/C14H18ClN5/c1-14(2)7-6-9(8-14)20-13(17-18-19-20)10-4-3-5-11(16)12(10)15/h3-5,9H,6-8,16H2,1-2H3. The summed E-state index contributed by atoms with van der Waals surface area (Å²) in [5.74, 6) is 0.699. The smallest absolute Gasteiger partial charge is 0.183 e. The van der Waals surface area contributed by atoms with E-state index in [9.17, 15) is 0 Å². The molecular formula is C14H18ClN5. The number of aromatic nitrogens is 4. The quantitative estimate of drug-likeness (QED) is 0.862. The molecule has 1 heterocycles. The second-order valence-electron chi connectivity index (χ2n) is 6.22. The minimum atomic E-state index is 0.326. The summed E-state index contributed by atoms with van der Waals surface area (Å²) < 4.78 is 1.90. The van der Waals surface area contributed by atoms with E-state index in [0.29, 0.717) is 28.0 Å². The highest BCUT2D eigenvalue weighted by Crippen LogP contribution is 2.44. The Kier molecular flexibility index (Phi) is 3.17. The first-order valence-corrected chi connectivity index (χ1v) is 7.18. The van der Waals surface area contributed by atoms with Crippen molar-refractivity contribution in [2.75, 3.05) is 5.73 Å². The van der Waals surface area contributed by atoms with Crippen LogP contribution in [0.4, 0.5) is 5.69 Å². The van der Waals surface area contributed by atoms with E-state index in [1.807, 2.05) is 16.8 Å². The number of nitrogen functional groups attached to an aromatic ring is 1. The third kappa shape index (κ3) is 2.26. The summed E-state index contributed by atoms with van der Waals surface area (Å²) in [4.78, 5) is 0. The molecule has 0 amide bonds. The number of tetrazole rings is 1. The van der Waals surface area contributed by atoms with Gasteiger partial charge >= 0.3 is 0 Å². The van der Waals surface area contributed by atoms with Crippen LogP contribution >= 0.6 is 11.6 Å². The van der Waals surface area contributed by atoms with Crippen molar-refractivity contribution < 1.29 is 0 Å². The third-order valence-corrected chi connectivity index (χ3v) is 4.47. The normalized spacial score (nSPS) is 21.2. The number of benzene rings is 1. The molecule has 0 saturated heterocycles. The Hall–Kier alpha value is -1.62. The van der Waals surface area contributed by atoms with Crippen LogP contribution in [0.1, 0.15) is 39.2 Å². The average Bonchev–Trinajstić information content (AvgIpc) is 2.99. The van der Waals surface area contributed by atoms with Crippen molar-refractivity contribution >= 4 is 17.3 Å². The van der Waals surface area contributed by atoms with Gasteiger partial charge in [0, 0.05) is 5.56 Å². The van der Waals surface area contributed by atoms with Crippen molar-refractivity contribution in [1.29, 1.82) is 0 Å². The fraction of sp³-hybridized carbons (Fsp3) is 0.500. The third-order valence-electron chi connectivity index (χ3n) is 4.05. The Labute approximate surface area is 123 Å². The SMILES string of the molecule is CC1(C)CCC(n2nnnc2-c2cccc(N)c2Cl)C1. The zero-order valence-electron chi connectivity index (χ0n) is 11.7. The molecule has 5 nitrogen and oxygen atoms in total. The Morgan fingerprint density at radius 3 is 2.90 bits per heavy atom. The molecule has 1 aromatic heterocycles. The summed E-state index contributed by atoms with van der Waals surface area (Å²) >= 11 is 6.29. The van der Waals surface area contributed by atoms with Crippen LogP contribution in [0.15, 0.2) is 18.2 Å². The molecule has 0 aliphatic heterocycles. The van der Waals surface area contributed by atoms with Crippen LogP contribution in [0.25, 0.3) is 11.4 Å². The van der Waals surface area contributed by atoms with Crippen molar-refractivity contribution in [2.45, 2.75) is 39.2 Å². The van der Waals surface area contributed by atoms with E-state index in [4.69, 9.17) is 17.3 Å². The highest BCUT2D eigenvalue weighted by molar-refractivity contribution is 6.35. The number of halogens is 1. The molecular weight excluding hydrogens is 274 g/mol. The first-order chi connectivity index (χ1) is 9.48. The number of hydrogen-bond donors (Lipinski definition) is 1. The lowest BCUT2D eigenvalue weighted by molar-refractivity contribution is 0.349. The molecule has 3 rings (SSSR count). The average molecular weight is 292 g/mol. The molecule has 1 unspecified atom stereocenters. The molecule has 1 aliphatic carbocycles. The minimum Gasteiger partial charge on any atom is -0.398 e. The van der Waals surface area contributed by atoms with Crippen molar-refractivity contribution in [1.82, 2.24) is 20.2 Å². The van der Waals surface area contributed by atoms with Crippen molar-refractivity contribution in [3.63, 3.8) is 0 Å². The highest BCUT2D eigenvalue weighted by atomic mass is 35.5. The van der Waals surface area contributed by atoms with Gasteiger partial charge in [0.25, 0.3) is 0 Å². The minimum absolute atomic E-state index is 0.326. The summed E-state index contributed by atoms with van der Waals surface area (Å²) in [6, 6.07) is 5.88. The Morgan fingerprint density at radius 1 is 1.40 bits per heavy atom. The maximum Gasteiger partial charge on any atom is 0.183 e. The lowest BCUT2D eigenvalue weighted by Crippen LogP contribution is -2.12. The van der Waals surface area contributed by atoms with Gasteiger partial charge in [0.2, 0.25) is 0 Å². The molecule has 106 valence electrons. The zero-order chi connectivity index (χ0) is 14.3. The summed E-state index contributed by atoms with van der Waals surface area (Å²) in [5.41, 5.74) is 7.54. The van der Waals surface area contributed by atoms with Crippen LogP contribution < -0.4 is 5.73 Å². The lowest BCUT2D eigenvalue weighted by Gasteiger charge is -2.17. The van der Waals surface area contributed by atoms with Gasteiger partial charge in [-0.3, -0.25) is 0 Å². The molecule has 20 heavy (non-hydrogen) atoms. The van der Waals surface area contributed by atoms with Gasteiger partial charge in [0.05, 0.1) is 16.8 Å². The summed E-state index contributed by atoms with van der Waals surface area (Å²) in [6.07, 6.45) is 3.34. The molecule has 1 aliphatic rings. The van der Waals surface area contributed by atoms with Gasteiger partial charge in [0.15, 0.2) is 5.82 Å². The predicted octanol–water partition coefficient (Wildman–Crippen LogP) is 3.33. The van der Waals surface area contributed by atoms with Gasteiger partial charge in [-0.05, 0) is 47.2 Å². The summed E-state index contributed by atoms with van der Waals surface area (Å²) in [7, 11) is 0. The topological polar surface area (TPSA) is 69.6 Å². The Morgan fingerprint density at radius 2 is 2.20 bits per heavy atom. The van der Waals surface area contributed by atoms with E-state index in [1.54, 1.807) is 6.07 Å². The molecule has 1 aromatic carbocycles. The van der Waals surface area contributed by atoms with E-state index >= 15 is 0 Å². The monoisotopic (exact) mass is 291 g/mol. The van der Waals surface area contributed by atoms with Crippen molar-refractivity contribution in [2.24, 2.45) is 5.41 Å². The number of rotatable bonds is 2. The molecule has 2 N–H and O–H groups in total. The van der Waals surface area contributed by atoms with Crippen LogP contribution in [0.3, 0.4) is 0 Å². The van der Waals surface area contributed by atoms with E-state index in [2.05, 4.69) is 29.4 Å². The summed E-state index contributed by atoms with van der Waals surface area (Å²) in [6.45, 7) is 4.56. The maximum atomic E-state index is 6.29. The molecule has 1 fully saturated rings. The Balaban J connectivity index is 2.01. The van der Waals surface area contributed by atoms with Crippen LogP contribution in [0.5, 0.6) is 0 Å². The fourth-order valence-electron chi connectivity index (χ4n) is 2.95. The molecule has 0 bridgehead atoms. The predicted molar refractivity (Wildman–Crippen MR) is 79.3 cm³/mol. The van der Waals surface area contributed by atoms with E-state index in [-0.39, 0.29) is 0 Å². The van der Waals surface area contributed by atoms with Gasteiger partial charge in [-0.2, -0.15) is 0 Å². The lowest BCUT2D eigenvalue weighted by atomic mass is 9.92. The molecule has 0 radical (unpaired) electrons. The van der Waals surface area contributed by atoms with Crippen LogP contribution in [-0.4, -0.2) is 20.2 Å². The number of nitrogens with two attached hydrogens (primary N) is 1. The molecule has 1 atom stereocenters. The van der Waals surface area contributed by atoms with E-state index in [1.165, 1.54) is 6.42 Å². The molecule has 2 aromatic rings. The number of nitrogens with zero attached hydrogens (tertiary/aromatic N) is 4. The van der Waals surface area contributed by atoms with Gasteiger partial charge in [-0.25, -0.2) is 4.68 Å². The van der Waals surface area contributed by atoms with Crippen LogP contribution in [0, 0.1) is 5.41 Å². The molecule has 6 heteroatoms. The van der Waals surface area contributed by atoms with E-state index in [0.717, 1.165) is 18.4 Å². The largest absolute Gasteiger partial charge is 0.398 e. The zero-order valence-corrected chi connectivity index (χ0v) is 12.4. The van der Waals surface area contributed by atoms with Crippen LogP contribution in [0.2, 0.25) is 5.02 Å². The van der Waals surface area contributed by atoms with Crippen molar-refractivity contribution in [3.8, 4) is 11.4 Å². The Bertz CT molecular complexity index is 634. The number of anilines is 1. The second-order valence-corrected chi connectivity index (χ2v) is 6.59. The van der Waals surface area contributed by atoms with Crippen molar-refractivity contribution in [3.05, 3.63) is 23.2 Å². The van der Waals surface area contributed by atoms with Crippen LogP contribution in [-0.2, 0) is 0 Å². The summed E-state index contributed by atoms with van der Waals surface area (Å²) in [5, 5.41) is 12.6. The highest BCUT2D eigenvalue weighted by Gasteiger charge is 2.34. The molecule has 0 spiro atoms. The van der Waals surface area contributed by atoms with Gasteiger partial charge in [-0.1, -0.05) is 31.5 Å². The van der Waals surface area contributed by atoms with Gasteiger partial charge in [-0.15, -0.1) is 5.10 Å².